The molecule has 0 fully saturated rings. The molecule has 6 heteroatoms. The zero-order valence-electron chi connectivity index (χ0n) is 14.9. The summed E-state index contributed by atoms with van der Waals surface area (Å²) >= 11 is 1.80. The molecule has 0 unspecified atom stereocenters. The number of thiophene rings is 1. The fourth-order valence-corrected chi connectivity index (χ4v) is 6.26. The van der Waals surface area contributed by atoms with Crippen LogP contribution in [0.2, 0.25) is 0 Å². The molecule has 0 spiro atoms. The van der Waals surface area contributed by atoms with Gasteiger partial charge in [0.2, 0.25) is 5.76 Å². The summed E-state index contributed by atoms with van der Waals surface area (Å²) in [6.45, 7) is 0. The van der Waals surface area contributed by atoms with Gasteiger partial charge in [-0.1, -0.05) is 24.3 Å². The van der Waals surface area contributed by atoms with Gasteiger partial charge in [-0.2, -0.15) is 0 Å². The van der Waals surface area contributed by atoms with Crippen LogP contribution in [0, 0.1) is 9.58 Å². The molecule has 0 aliphatic heterocycles. The summed E-state index contributed by atoms with van der Waals surface area (Å²) in [4.78, 5) is 13.3. The van der Waals surface area contributed by atoms with Crippen molar-refractivity contribution in [3.63, 3.8) is 0 Å². The van der Waals surface area contributed by atoms with Crippen LogP contribution >= 0.6 is 33.1 Å². The second kappa shape index (κ2) is 7.27. The number of benzene rings is 3. The van der Waals surface area contributed by atoms with Gasteiger partial charge in [0.25, 0.3) is 0 Å². The molecule has 29 heavy (non-hydrogen) atoms. The summed E-state index contributed by atoms with van der Waals surface area (Å²) in [6.07, 6.45) is 0. The molecule has 2 heterocycles. The quantitative estimate of drug-likeness (QED) is 0.110. The van der Waals surface area contributed by atoms with Crippen molar-refractivity contribution in [2.24, 2.45) is 0 Å². The summed E-state index contributed by atoms with van der Waals surface area (Å²) in [5.41, 5.74) is 0. The third-order valence-corrected chi connectivity index (χ3v) is 7.48. The molecule has 0 bridgehead atoms. The van der Waals surface area contributed by atoms with Gasteiger partial charge in [-0.15, -0.1) is 0 Å². The molecule has 0 N–H and O–H groups in total. The average molecular weight is 515 g/mol. The minimum Gasteiger partial charge on any atom is -0.440 e. The lowest BCUT2D eigenvalue weighted by Gasteiger charge is -2.02. The van der Waals surface area contributed by atoms with Crippen molar-refractivity contribution in [3.05, 3.63) is 94.2 Å². The van der Waals surface area contributed by atoms with Gasteiger partial charge in [-0.05, 0) is 59.0 Å². The molecule has 2 aromatic heterocycles. The highest BCUT2D eigenvalue weighted by Crippen LogP contribution is 2.48. The predicted octanol–water partition coefficient (Wildman–Crippen LogP) is 7.29. The first kappa shape index (κ1) is 18.3. The van der Waals surface area contributed by atoms with Gasteiger partial charge in [0.1, 0.15) is 5.75 Å². The molecule has 0 amide bonds. The van der Waals surface area contributed by atoms with E-state index >= 15 is 0 Å². The number of furan rings is 1. The van der Waals surface area contributed by atoms with Gasteiger partial charge in [0.05, 0.1) is 0 Å². The summed E-state index contributed by atoms with van der Waals surface area (Å²) in [6, 6.07) is 25.4. The molecular formula is C23H13FIO3S+. The first-order valence-corrected chi connectivity index (χ1v) is 11.1. The van der Waals surface area contributed by atoms with Gasteiger partial charge < -0.3 is 9.15 Å². The first-order valence-electron chi connectivity index (χ1n) is 8.81. The Labute approximate surface area is 181 Å². The van der Waals surface area contributed by atoms with E-state index in [0.29, 0.717) is 9.52 Å². The number of rotatable bonds is 3. The van der Waals surface area contributed by atoms with E-state index in [1.807, 2.05) is 12.1 Å². The summed E-state index contributed by atoms with van der Waals surface area (Å²) in [7, 11) is -0.218. The van der Waals surface area contributed by atoms with Crippen LogP contribution in [0.1, 0.15) is 10.6 Å². The smallest absolute Gasteiger partial charge is 0.382 e. The molecule has 5 rings (SSSR count). The molecule has 0 aliphatic carbocycles. The Kier molecular flexibility index (Phi) is 4.60. The molecule has 0 saturated carbocycles. The van der Waals surface area contributed by atoms with E-state index < -0.39 is 17.5 Å². The van der Waals surface area contributed by atoms with Gasteiger partial charge in [0.15, 0.2) is 23.9 Å². The predicted molar refractivity (Wildman–Crippen MR) is 122 cm³/mol. The van der Waals surface area contributed by atoms with E-state index in [1.54, 1.807) is 34.7 Å². The van der Waals surface area contributed by atoms with Crippen molar-refractivity contribution < 1.29 is 18.3 Å². The highest BCUT2D eigenvalue weighted by atomic mass is 127. The number of hydrogen-bond acceptors (Lipinski definition) is 3. The number of esters is 1. The Hall–Kier alpha value is -2.71. The molecular weight excluding hydrogens is 502 g/mol. The minimum absolute atomic E-state index is 0.218. The maximum atomic E-state index is 13.7. The zero-order valence-corrected chi connectivity index (χ0v) is 17.9. The maximum absolute atomic E-state index is 13.7. The second-order valence-electron chi connectivity index (χ2n) is 6.39. The normalized spacial score (nSPS) is 11.2. The molecule has 0 saturated heterocycles. The topological polar surface area (TPSA) is 39.4 Å². The van der Waals surface area contributed by atoms with Crippen LogP contribution in [0.4, 0.5) is 4.39 Å². The van der Waals surface area contributed by atoms with Crippen LogP contribution in [-0.4, -0.2) is 5.97 Å². The third-order valence-electron chi connectivity index (χ3n) is 4.62. The number of ether oxygens (including phenoxy) is 1. The van der Waals surface area contributed by atoms with Gasteiger partial charge in [0, 0.05) is 39.4 Å². The summed E-state index contributed by atoms with van der Waals surface area (Å²) in [5.74, 6) is -1.65. The van der Waals surface area contributed by atoms with Crippen LogP contribution in [-0.2, 0) is 0 Å². The van der Waals surface area contributed by atoms with E-state index in [1.165, 1.54) is 20.2 Å². The van der Waals surface area contributed by atoms with Crippen molar-refractivity contribution >= 4 is 59.2 Å². The zero-order chi connectivity index (χ0) is 20.0. The van der Waals surface area contributed by atoms with Crippen LogP contribution in [0.3, 0.4) is 0 Å². The largest absolute Gasteiger partial charge is 0.440 e. The van der Waals surface area contributed by atoms with E-state index in [9.17, 15) is 9.18 Å². The number of carbonyl (C=O) groups is 1. The fraction of sp³-hybridized carbons (Fsp3) is 0. The first-order chi connectivity index (χ1) is 14.1. The van der Waals surface area contributed by atoms with Crippen LogP contribution in [0.5, 0.6) is 5.75 Å². The van der Waals surface area contributed by atoms with Crippen molar-refractivity contribution in [1.29, 1.82) is 0 Å². The highest BCUT2D eigenvalue weighted by molar-refractivity contribution is 14.1. The number of fused-ring (bicyclic) bond motifs is 3. The Balaban J connectivity index is 1.52. The Bertz CT molecular complexity index is 1320. The van der Waals surface area contributed by atoms with Crippen molar-refractivity contribution in [2.75, 3.05) is 0 Å². The van der Waals surface area contributed by atoms with Gasteiger partial charge >= 0.3 is 5.97 Å². The lowest BCUT2D eigenvalue weighted by atomic mass is 10.2. The standard InChI is InChI=1S/C23H13FIO3S/c24-18-13-21(25)28-22(18)23(26)27-14-9-11-15(12-10-14)29-19-7-3-1-5-16(19)17-6-2-4-8-20(17)29/h1-13H/q+1. The van der Waals surface area contributed by atoms with Crippen molar-refractivity contribution in [1.82, 2.24) is 0 Å². The maximum Gasteiger partial charge on any atom is 0.382 e. The lowest BCUT2D eigenvalue weighted by Crippen LogP contribution is -2.08. The Morgan fingerprint density at radius 2 is 1.48 bits per heavy atom. The summed E-state index contributed by atoms with van der Waals surface area (Å²) in [5, 5.41) is 2.51. The average Bonchev–Trinajstić information content (AvgIpc) is 3.25. The molecule has 0 atom stereocenters. The number of carbonyl (C=O) groups excluding carboxylic acids is 1. The monoisotopic (exact) mass is 515 g/mol. The molecule has 142 valence electrons. The second-order valence-corrected chi connectivity index (χ2v) is 9.41. The summed E-state index contributed by atoms with van der Waals surface area (Å²) < 4.78 is 26.9. The SMILES string of the molecule is O=C(Oc1ccc(-[s+]2c3ccccc3c3ccccc32)cc1)c1oc(I)cc1F. The van der Waals surface area contributed by atoms with E-state index in [2.05, 4.69) is 48.5 Å². The Morgan fingerprint density at radius 1 is 0.897 bits per heavy atom. The number of hydrogen-bond donors (Lipinski definition) is 0. The molecule has 0 radical (unpaired) electrons. The van der Waals surface area contributed by atoms with Crippen molar-refractivity contribution in [2.45, 2.75) is 0 Å². The Morgan fingerprint density at radius 3 is 2.03 bits per heavy atom. The van der Waals surface area contributed by atoms with E-state index in [4.69, 9.17) is 9.15 Å². The third kappa shape index (κ3) is 3.22. The van der Waals surface area contributed by atoms with Crippen LogP contribution in [0.15, 0.2) is 83.3 Å². The lowest BCUT2D eigenvalue weighted by molar-refractivity contribution is 0.0693. The highest BCUT2D eigenvalue weighted by Gasteiger charge is 2.24. The molecule has 3 aromatic carbocycles. The van der Waals surface area contributed by atoms with E-state index in [-0.39, 0.29) is 10.5 Å². The minimum atomic E-state index is -0.850. The van der Waals surface area contributed by atoms with Crippen molar-refractivity contribution in [3.8, 4) is 10.6 Å². The number of halogens is 2. The molecule has 5 aromatic rings. The van der Waals surface area contributed by atoms with Crippen LogP contribution in [0.25, 0.3) is 25.1 Å². The van der Waals surface area contributed by atoms with Gasteiger partial charge in [-0.25, -0.2) is 9.18 Å². The van der Waals surface area contributed by atoms with Gasteiger partial charge in [-0.3, -0.25) is 0 Å². The fourth-order valence-electron chi connectivity index (χ4n) is 3.38. The van der Waals surface area contributed by atoms with Crippen LogP contribution < -0.4 is 4.74 Å². The molecule has 3 nitrogen and oxygen atoms in total. The molecule has 0 aliphatic rings. The van der Waals surface area contributed by atoms with E-state index in [0.717, 1.165) is 11.0 Å².